The zero-order chi connectivity index (χ0) is 8.27. The summed E-state index contributed by atoms with van der Waals surface area (Å²) in [6.45, 7) is 1.90. The van der Waals surface area contributed by atoms with Crippen LogP contribution in [0.2, 0.25) is 0 Å². The highest BCUT2D eigenvalue weighted by Gasteiger charge is 2.03. The van der Waals surface area contributed by atoms with Crippen LogP contribution in [0, 0.1) is 5.92 Å². The van der Waals surface area contributed by atoms with E-state index < -0.39 is 0 Å². The summed E-state index contributed by atoms with van der Waals surface area (Å²) in [6.07, 6.45) is 3.49. The Balaban J connectivity index is 2.63. The van der Waals surface area contributed by atoms with E-state index in [9.17, 15) is 4.79 Å². The lowest BCUT2D eigenvalue weighted by molar-refractivity contribution is -0.110. The number of carbonyl (C=O) groups is 1. The van der Waals surface area contributed by atoms with Crippen LogP contribution in [0.15, 0.2) is 12.3 Å². The van der Waals surface area contributed by atoms with Crippen molar-refractivity contribution in [3.05, 3.63) is 18.0 Å². The van der Waals surface area contributed by atoms with E-state index in [4.69, 9.17) is 0 Å². The Bertz CT molecular complexity index is 242. The van der Waals surface area contributed by atoms with Crippen molar-refractivity contribution in [1.82, 2.24) is 9.78 Å². The lowest BCUT2D eigenvalue weighted by Crippen LogP contribution is -2.05. The molecule has 3 heteroatoms. The van der Waals surface area contributed by atoms with Gasteiger partial charge in [-0.2, -0.15) is 5.10 Å². The lowest BCUT2D eigenvalue weighted by Gasteiger charge is -2.02. The second kappa shape index (κ2) is 3.32. The Morgan fingerprint density at radius 2 is 2.55 bits per heavy atom. The molecule has 0 fully saturated rings. The van der Waals surface area contributed by atoms with Gasteiger partial charge >= 0.3 is 0 Å². The molecule has 0 unspecified atom stereocenters. The Hall–Kier alpha value is -1.12. The summed E-state index contributed by atoms with van der Waals surface area (Å²) < 4.78 is 1.79. The van der Waals surface area contributed by atoms with Gasteiger partial charge in [0.15, 0.2) is 0 Å². The average molecular weight is 152 g/mol. The number of aldehydes is 1. The quantitative estimate of drug-likeness (QED) is 0.600. The molecule has 1 atom stereocenters. The topological polar surface area (TPSA) is 34.9 Å². The van der Waals surface area contributed by atoms with Gasteiger partial charge in [0, 0.05) is 24.9 Å². The maximum atomic E-state index is 10.3. The van der Waals surface area contributed by atoms with Gasteiger partial charge in [-0.15, -0.1) is 0 Å². The first-order valence-electron chi connectivity index (χ1n) is 3.66. The summed E-state index contributed by atoms with van der Waals surface area (Å²) in [4.78, 5) is 10.3. The smallest absolute Gasteiger partial charge is 0.123 e. The third-order valence-electron chi connectivity index (χ3n) is 1.69. The molecule has 0 spiro atoms. The predicted octanol–water partition coefficient (Wildman–Crippen LogP) is 0.798. The van der Waals surface area contributed by atoms with Crippen molar-refractivity contribution < 1.29 is 4.79 Å². The van der Waals surface area contributed by atoms with Gasteiger partial charge in [-0.05, 0) is 12.5 Å². The molecule has 0 aliphatic heterocycles. The molecule has 0 saturated heterocycles. The first-order valence-corrected chi connectivity index (χ1v) is 3.66. The van der Waals surface area contributed by atoms with Gasteiger partial charge in [-0.25, -0.2) is 0 Å². The zero-order valence-corrected chi connectivity index (χ0v) is 6.82. The van der Waals surface area contributed by atoms with Gasteiger partial charge < -0.3 is 4.79 Å². The molecule has 0 N–H and O–H groups in total. The number of hydrogen-bond donors (Lipinski definition) is 0. The number of aryl methyl sites for hydroxylation is 1. The fourth-order valence-electron chi connectivity index (χ4n) is 0.980. The molecule has 1 heterocycles. The van der Waals surface area contributed by atoms with E-state index in [2.05, 4.69) is 5.10 Å². The van der Waals surface area contributed by atoms with Crippen molar-refractivity contribution >= 4 is 6.29 Å². The average Bonchev–Trinajstić information content (AvgIpc) is 2.37. The normalized spacial score (nSPS) is 12.9. The summed E-state index contributed by atoms with van der Waals surface area (Å²) in [5, 5.41) is 4.00. The van der Waals surface area contributed by atoms with E-state index in [0.717, 1.165) is 18.4 Å². The van der Waals surface area contributed by atoms with Crippen LogP contribution in [0.4, 0.5) is 0 Å². The number of carbonyl (C=O) groups excluding carboxylic acids is 1. The van der Waals surface area contributed by atoms with E-state index in [1.807, 2.05) is 20.0 Å². The molecule has 0 bridgehead atoms. The molecule has 1 aromatic rings. The van der Waals surface area contributed by atoms with Crippen molar-refractivity contribution in [3.8, 4) is 0 Å². The summed E-state index contributed by atoms with van der Waals surface area (Å²) in [5.41, 5.74) is 1.10. The molecule has 0 aliphatic carbocycles. The van der Waals surface area contributed by atoms with Gasteiger partial charge in [0.25, 0.3) is 0 Å². The molecule has 0 aliphatic rings. The minimum atomic E-state index is 0.0883. The van der Waals surface area contributed by atoms with Crippen LogP contribution < -0.4 is 0 Å². The second-order valence-corrected chi connectivity index (χ2v) is 2.76. The largest absolute Gasteiger partial charge is 0.303 e. The van der Waals surface area contributed by atoms with Gasteiger partial charge in [0.2, 0.25) is 0 Å². The third kappa shape index (κ3) is 1.90. The summed E-state index contributed by atoms with van der Waals surface area (Å²) in [7, 11) is 1.88. The zero-order valence-electron chi connectivity index (χ0n) is 6.82. The van der Waals surface area contributed by atoms with Crippen molar-refractivity contribution in [2.24, 2.45) is 13.0 Å². The molecular formula is C8H12N2O. The van der Waals surface area contributed by atoms with Crippen LogP contribution in [-0.2, 0) is 18.3 Å². The predicted molar refractivity (Wildman–Crippen MR) is 42.1 cm³/mol. The molecule has 0 radical (unpaired) electrons. The van der Waals surface area contributed by atoms with Crippen molar-refractivity contribution in [2.45, 2.75) is 13.3 Å². The Labute approximate surface area is 66.0 Å². The number of nitrogens with zero attached hydrogens (tertiary/aromatic N) is 2. The van der Waals surface area contributed by atoms with Gasteiger partial charge in [-0.1, -0.05) is 6.92 Å². The molecule has 60 valence electrons. The number of aromatic nitrogens is 2. The van der Waals surface area contributed by atoms with Gasteiger partial charge in [-0.3, -0.25) is 4.68 Å². The van der Waals surface area contributed by atoms with Crippen LogP contribution in [-0.4, -0.2) is 16.1 Å². The monoisotopic (exact) mass is 152 g/mol. The molecule has 0 amide bonds. The maximum absolute atomic E-state index is 10.3. The Morgan fingerprint density at radius 3 is 3.00 bits per heavy atom. The Morgan fingerprint density at radius 1 is 1.82 bits per heavy atom. The molecule has 1 aromatic heterocycles. The van der Waals surface area contributed by atoms with Crippen molar-refractivity contribution in [3.63, 3.8) is 0 Å². The SMILES string of the molecule is C[C@H](C=O)Cc1ccnn1C. The van der Waals surface area contributed by atoms with E-state index in [1.165, 1.54) is 0 Å². The first-order chi connectivity index (χ1) is 5.24. The standard InChI is InChI=1S/C8H12N2O/c1-7(6-11)5-8-3-4-9-10(8)2/h3-4,6-7H,5H2,1-2H3/t7-/m0/s1. The van der Waals surface area contributed by atoms with Crippen molar-refractivity contribution in [1.29, 1.82) is 0 Å². The summed E-state index contributed by atoms with van der Waals surface area (Å²) >= 11 is 0. The molecule has 1 rings (SSSR count). The molecule has 11 heavy (non-hydrogen) atoms. The van der Waals surface area contributed by atoms with E-state index >= 15 is 0 Å². The highest BCUT2D eigenvalue weighted by molar-refractivity contribution is 5.53. The summed E-state index contributed by atoms with van der Waals surface area (Å²) in [5.74, 6) is 0.0883. The Kier molecular flexibility index (Phi) is 2.41. The van der Waals surface area contributed by atoms with Crippen LogP contribution in [0.25, 0.3) is 0 Å². The fraction of sp³-hybridized carbons (Fsp3) is 0.500. The van der Waals surface area contributed by atoms with Crippen LogP contribution >= 0.6 is 0 Å². The van der Waals surface area contributed by atoms with Gasteiger partial charge in [0.05, 0.1) is 0 Å². The lowest BCUT2D eigenvalue weighted by atomic mass is 10.1. The highest BCUT2D eigenvalue weighted by Crippen LogP contribution is 2.03. The third-order valence-corrected chi connectivity index (χ3v) is 1.69. The van der Waals surface area contributed by atoms with Crippen LogP contribution in [0.5, 0.6) is 0 Å². The van der Waals surface area contributed by atoms with Gasteiger partial charge in [0.1, 0.15) is 6.29 Å². The summed E-state index contributed by atoms with van der Waals surface area (Å²) in [6, 6.07) is 1.93. The van der Waals surface area contributed by atoms with Crippen molar-refractivity contribution in [2.75, 3.05) is 0 Å². The van der Waals surface area contributed by atoms with E-state index in [1.54, 1.807) is 10.9 Å². The van der Waals surface area contributed by atoms with Crippen LogP contribution in [0.1, 0.15) is 12.6 Å². The van der Waals surface area contributed by atoms with E-state index in [-0.39, 0.29) is 5.92 Å². The molecule has 0 saturated carbocycles. The number of rotatable bonds is 3. The number of hydrogen-bond acceptors (Lipinski definition) is 2. The van der Waals surface area contributed by atoms with E-state index in [0.29, 0.717) is 0 Å². The second-order valence-electron chi connectivity index (χ2n) is 2.76. The minimum absolute atomic E-state index is 0.0883. The molecule has 3 nitrogen and oxygen atoms in total. The minimum Gasteiger partial charge on any atom is -0.303 e. The first kappa shape index (κ1) is 7.98. The molecular weight excluding hydrogens is 140 g/mol. The maximum Gasteiger partial charge on any atom is 0.123 e. The highest BCUT2D eigenvalue weighted by atomic mass is 16.1. The van der Waals surface area contributed by atoms with Crippen LogP contribution in [0.3, 0.4) is 0 Å². The molecule has 0 aromatic carbocycles. The fourth-order valence-corrected chi connectivity index (χ4v) is 0.980.